The molecule has 0 N–H and O–H groups in total. The molecule has 0 amide bonds. The van der Waals surface area contributed by atoms with Crippen LogP contribution in [-0.2, 0) is 4.53 Å². The number of ketones is 1. The van der Waals surface area contributed by atoms with Gasteiger partial charge in [-0.05, 0) is 34.0 Å². The van der Waals surface area contributed by atoms with Gasteiger partial charge in [0.05, 0.1) is 5.71 Å². The van der Waals surface area contributed by atoms with Gasteiger partial charge < -0.3 is 4.53 Å². The van der Waals surface area contributed by atoms with Gasteiger partial charge in [-0.25, -0.2) is 0 Å². The van der Waals surface area contributed by atoms with Gasteiger partial charge in [-0.3, -0.25) is 4.79 Å². The lowest BCUT2D eigenvalue weighted by atomic mass is 10.0. The fraction of sp³-hybridized carbons (Fsp3) is 0.0857. The molecule has 0 aromatic heterocycles. The summed E-state index contributed by atoms with van der Waals surface area (Å²) in [6, 6.07) is 50.9. The Morgan fingerprint density at radius 2 is 0.897 bits per heavy atom. The zero-order valence-corrected chi connectivity index (χ0v) is 22.8. The predicted molar refractivity (Wildman–Crippen MR) is 163 cm³/mol. The lowest BCUT2D eigenvalue weighted by Crippen LogP contribution is -2.68. The lowest BCUT2D eigenvalue weighted by Gasteiger charge is -2.30. The summed E-state index contributed by atoms with van der Waals surface area (Å²) >= 11 is 0. The van der Waals surface area contributed by atoms with Crippen molar-refractivity contribution >= 4 is 35.4 Å². The van der Waals surface area contributed by atoms with Crippen LogP contribution in [0, 0.1) is 0 Å². The summed E-state index contributed by atoms with van der Waals surface area (Å²) in [6.07, 6.45) is 1.77. The van der Waals surface area contributed by atoms with Gasteiger partial charge in [0.2, 0.25) is 0 Å². The van der Waals surface area contributed by atoms with Crippen LogP contribution in [0.15, 0.2) is 157 Å². The van der Waals surface area contributed by atoms with Gasteiger partial charge in [-0.2, -0.15) is 0 Å². The minimum atomic E-state index is -2.99. The van der Waals surface area contributed by atoms with Gasteiger partial charge in [-0.1, -0.05) is 152 Å². The quantitative estimate of drug-likeness (QED) is 0.0684. The number of oxime groups is 1. The summed E-state index contributed by atoms with van der Waals surface area (Å²) in [5.74, 6) is 0.144. The molecule has 3 nitrogen and oxygen atoms in total. The minimum Gasteiger partial charge on any atom is -0.438 e. The van der Waals surface area contributed by atoms with E-state index in [-0.39, 0.29) is 5.78 Å². The van der Waals surface area contributed by atoms with E-state index in [9.17, 15) is 4.79 Å². The largest absolute Gasteiger partial charge is 0.438 e. The van der Waals surface area contributed by atoms with Gasteiger partial charge >= 0.3 is 8.32 Å². The molecule has 0 aliphatic rings. The molecule has 0 radical (unpaired) electrons. The molecule has 0 aliphatic carbocycles. The second kappa shape index (κ2) is 12.8. The van der Waals surface area contributed by atoms with Crippen LogP contribution >= 0.6 is 0 Å². The molecule has 0 fully saturated rings. The number of benzene rings is 5. The Morgan fingerprint density at radius 3 is 1.33 bits per heavy atom. The molecule has 0 aliphatic heterocycles. The standard InChI is InChI=1S/C35H31NO2Si/c37-35(30-19-8-2-9-20-30)28-16-27-34(29-17-6-1-7-18-29)36-38-39(31-21-10-3-11-22-31,32-23-12-4-13-24-32)33-25-14-5-15-26-33/h1-15,17-26H,16,27-28H2. The number of Topliss-reactive ketones (excluding diaryl/α,β-unsaturated/α-hetero) is 1. The first-order chi connectivity index (χ1) is 19.3. The monoisotopic (exact) mass is 525 g/mol. The van der Waals surface area contributed by atoms with Crippen molar-refractivity contribution in [3.05, 3.63) is 163 Å². The third-order valence-electron chi connectivity index (χ3n) is 6.85. The van der Waals surface area contributed by atoms with E-state index < -0.39 is 8.32 Å². The number of nitrogens with zero attached hydrogens (tertiary/aromatic N) is 1. The van der Waals surface area contributed by atoms with Gasteiger partial charge in [-0.15, -0.1) is 5.16 Å². The lowest BCUT2D eigenvalue weighted by molar-refractivity contribution is 0.0980. The van der Waals surface area contributed by atoms with Gasteiger partial charge in [0, 0.05) is 12.0 Å². The molecular formula is C35H31NO2Si. The van der Waals surface area contributed by atoms with Gasteiger partial charge in [0.15, 0.2) is 5.78 Å². The van der Waals surface area contributed by atoms with Crippen LogP contribution < -0.4 is 15.6 Å². The second-order valence-electron chi connectivity index (χ2n) is 9.42. The molecule has 5 aromatic carbocycles. The van der Waals surface area contributed by atoms with Crippen LogP contribution in [0.2, 0.25) is 0 Å². The Morgan fingerprint density at radius 1 is 0.513 bits per heavy atom. The van der Waals surface area contributed by atoms with Crippen LogP contribution in [-0.4, -0.2) is 19.8 Å². The van der Waals surface area contributed by atoms with Crippen LogP contribution in [0.25, 0.3) is 0 Å². The van der Waals surface area contributed by atoms with Crippen molar-refractivity contribution in [3.8, 4) is 0 Å². The van der Waals surface area contributed by atoms with E-state index in [2.05, 4.69) is 84.9 Å². The molecule has 5 rings (SSSR count). The topological polar surface area (TPSA) is 38.7 Å². The average molecular weight is 526 g/mol. The van der Waals surface area contributed by atoms with E-state index in [1.165, 1.54) is 0 Å². The third-order valence-corrected chi connectivity index (χ3v) is 10.7. The fourth-order valence-corrected chi connectivity index (χ4v) is 8.41. The molecule has 0 unspecified atom stereocenters. The summed E-state index contributed by atoms with van der Waals surface area (Å²) in [6.45, 7) is 0. The molecule has 39 heavy (non-hydrogen) atoms. The molecule has 0 saturated heterocycles. The van der Waals surface area contributed by atoms with Crippen molar-refractivity contribution in [1.29, 1.82) is 0 Å². The summed E-state index contributed by atoms with van der Waals surface area (Å²) in [5, 5.41) is 8.30. The molecule has 0 bridgehead atoms. The molecule has 0 spiro atoms. The first-order valence-electron chi connectivity index (χ1n) is 13.3. The van der Waals surface area contributed by atoms with Gasteiger partial charge in [0.25, 0.3) is 0 Å². The Labute approximate surface area is 231 Å². The number of hydrogen-bond donors (Lipinski definition) is 0. The average Bonchev–Trinajstić information content (AvgIpc) is 3.03. The highest BCUT2D eigenvalue weighted by Gasteiger charge is 2.45. The van der Waals surface area contributed by atoms with Crippen molar-refractivity contribution in [2.45, 2.75) is 19.3 Å². The smallest absolute Gasteiger partial charge is 0.380 e. The molecular weight excluding hydrogens is 494 g/mol. The molecule has 0 heterocycles. The maximum Gasteiger partial charge on any atom is 0.380 e. The van der Waals surface area contributed by atoms with Crippen LogP contribution in [0.1, 0.15) is 35.2 Å². The zero-order chi connectivity index (χ0) is 26.8. The maximum absolute atomic E-state index is 12.8. The minimum absolute atomic E-state index is 0.144. The van der Waals surface area contributed by atoms with Crippen LogP contribution in [0.4, 0.5) is 0 Å². The van der Waals surface area contributed by atoms with E-state index in [1.807, 2.05) is 66.7 Å². The van der Waals surface area contributed by atoms with E-state index in [1.54, 1.807) is 0 Å². The van der Waals surface area contributed by atoms with Crippen molar-refractivity contribution in [2.75, 3.05) is 0 Å². The van der Waals surface area contributed by atoms with Crippen molar-refractivity contribution in [3.63, 3.8) is 0 Å². The van der Waals surface area contributed by atoms with E-state index in [0.29, 0.717) is 19.3 Å². The van der Waals surface area contributed by atoms with Gasteiger partial charge in [0.1, 0.15) is 0 Å². The Balaban J connectivity index is 1.53. The van der Waals surface area contributed by atoms with Crippen molar-refractivity contribution in [2.24, 2.45) is 5.16 Å². The summed E-state index contributed by atoms with van der Waals surface area (Å²) < 4.78 is 6.89. The summed E-state index contributed by atoms with van der Waals surface area (Å²) in [5.41, 5.74) is 2.59. The molecule has 5 aromatic rings. The molecule has 192 valence electrons. The maximum atomic E-state index is 12.8. The van der Waals surface area contributed by atoms with Crippen molar-refractivity contribution < 1.29 is 9.32 Å². The van der Waals surface area contributed by atoms with E-state index in [0.717, 1.165) is 32.4 Å². The van der Waals surface area contributed by atoms with Crippen molar-refractivity contribution in [1.82, 2.24) is 0 Å². The first kappa shape index (κ1) is 26.1. The Hall–Kier alpha value is -4.54. The fourth-order valence-electron chi connectivity index (χ4n) is 4.86. The SMILES string of the molecule is O=C(CCCC(=NO[Si](c1ccccc1)(c1ccccc1)c1ccccc1)c1ccccc1)c1ccccc1. The first-order valence-corrected chi connectivity index (χ1v) is 15.2. The zero-order valence-electron chi connectivity index (χ0n) is 21.8. The predicted octanol–water partition coefficient (Wildman–Crippen LogP) is 6.13. The number of carbonyl (C=O) groups is 1. The van der Waals surface area contributed by atoms with E-state index in [4.69, 9.17) is 9.68 Å². The number of hydrogen-bond acceptors (Lipinski definition) is 3. The molecule has 0 saturated carbocycles. The number of rotatable bonds is 11. The third kappa shape index (κ3) is 6.14. The van der Waals surface area contributed by atoms with E-state index >= 15 is 0 Å². The highest BCUT2D eigenvalue weighted by molar-refractivity contribution is 7.07. The number of carbonyl (C=O) groups excluding carboxylic acids is 1. The normalized spacial score (nSPS) is 11.6. The molecule has 0 atom stereocenters. The van der Waals surface area contributed by atoms with Crippen LogP contribution in [0.3, 0.4) is 0 Å². The Bertz CT molecular complexity index is 1390. The highest BCUT2D eigenvalue weighted by atomic mass is 28.4. The van der Waals surface area contributed by atoms with Crippen LogP contribution in [0.5, 0.6) is 0 Å². The second-order valence-corrected chi connectivity index (χ2v) is 12.7. The summed E-state index contributed by atoms with van der Waals surface area (Å²) in [7, 11) is -2.99. The molecule has 4 heteroatoms. The Kier molecular flexibility index (Phi) is 8.57. The highest BCUT2D eigenvalue weighted by Crippen LogP contribution is 2.15. The summed E-state index contributed by atoms with van der Waals surface area (Å²) in [4.78, 5) is 12.8.